The summed E-state index contributed by atoms with van der Waals surface area (Å²) < 4.78 is 9.99. The Kier molecular flexibility index (Phi) is 4.52. The first-order valence-corrected chi connectivity index (χ1v) is 6.64. The molecule has 1 atom stereocenters. The van der Waals surface area contributed by atoms with Gasteiger partial charge in [-0.1, -0.05) is 16.1 Å². The summed E-state index contributed by atoms with van der Waals surface area (Å²) in [6, 6.07) is 0. The van der Waals surface area contributed by atoms with Crippen molar-refractivity contribution in [2.45, 2.75) is 19.4 Å². The lowest BCUT2D eigenvalue weighted by Gasteiger charge is -2.26. The maximum Gasteiger partial charge on any atom is 0.138 e. The standard InChI is InChI=1S/C10H16ClN3OS/c1-14(5-8-3-2-4-15-7-8)6-9-10(11)16-13-12-9/h8H,2-7H2,1H3. The van der Waals surface area contributed by atoms with Crippen molar-refractivity contribution in [3.8, 4) is 0 Å². The van der Waals surface area contributed by atoms with E-state index in [1.54, 1.807) is 0 Å². The molecule has 1 aromatic rings. The van der Waals surface area contributed by atoms with E-state index >= 15 is 0 Å². The van der Waals surface area contributed by atoms with Crippen LogP contribution in [0.1, 0.15) is 18.5 Å². The molecule has 0 spiro atoms. The second-order valence-corrected chi connectivity index (χ2v) is 5.63. The number of rotatable bonds is 4. The molecule has 1 saturated heterocycles. The molecular formula is C10H16ClN3OS. The SMILES string of the molecule is CN(Cc1nnsc1Cl)CC1CCCOC1. The molecule has 0 N–H and O–H groups in total. The molecule has 1 aliphatic heterocycles. The molecule has 0 saturated carbocycles. The average molecular weight is 262 g/mol. The summed E-state index contributed by atoms with van der Waals surface area (Å²) in [5.74, 6) is 0.643. The molecule has 0 radical (unpaired) electrons. The van der Waals surface area contributed by atoms with Gasteiger partial charge < -0.3 is 9.64 Å². The van der Waals surface area contributed by atoms with Gasteiger partial charge in [-0.05, 0) is 25.8 Å². The minimum Gasteiger partial charge on any atom is -0.381 e. The van der Waals surface area contributed by atoms with Crippen LogP contribution in [0.4, 0.5) is 0 Å². The van der Waals surface area contributed by atoms with Crippen molar-refractivity contribution in [3.63, 3.8) is 0 Å². The Balaban J connectivity index is 1.79. The van der Waals surface area contributed by atoms with Crippen LogP contribution in [0.3, 0.4) is 0 Å². The first-order chi connectivity index (χ1) is 7.75. The summed E-state index contributed by atoms with van der Waals surface area (Å²) in [5.41, 5.74) is 0.880. The minimum atomic E-state index is 0.643. The smallest absolute Gasteiger partial charge is 0.138 e. The van der Waals surface area contributed by atoms with Crippen molar-refractivity contribution >= 4 is 23.1 Å². The lowest BCUT2D eigenvalue weighted by molar-refractivity contribution is 0.0410. The first kappa shape index (κ1) is 12.2. The molecule has 0 amide bonds. The van der Waals surface area contributed by atoms with Crippen molar-refractivity contribution in [2.75, 3.05) is 26.8 Å². The normalized spacial score (nSPS) is 21.6. The molecule has 1 unspecified atom stereocenters. The van der Waals surface area contributed by atoms with Gasteiger partial charge in [-0.2, -0.15) is 0 Å². The molecule has 2 rings (SSSR count). The molecule has 6 heteroatoms. The maximum atomic E-state index is 5.97. The minimum absolute atomic E-state index is 0.643. The van der Waals surface area contributed by atoms with Gasteiger partial charge in [-0.15, -0.1) is 5.10 Å². The summed E-state index contributed by atoms with van der Waals surface area (Å²) in [6.07, 6.45) is 2.44. The zero-order valence-corrected chi connectivity index (χ0v) is 10.9. The molecule has 0 aliphatic carbocycles. The molecule has 2 heterocycles. The predicted molar refractivity (Wildman–Crippen MR) is 64.8 cm³/mol. The van der Waals surface area contributed by atoms with E-state index in [1.165, 1.54) is 24.4 Å². The zero-order valence-electron chi connectivity index (χ0n) is 9.36. The third kappa shape index (κ3) is 3.38. The molecule has 4 nitrogen and oxygen atoms in total. The molecule has 0 aromatic carbocycles. The Morgan fingerprint density at radius 3 is 3.12 bits per heavy atom. The highest BCUT2D eigenvalue weighted by Crippen LogP contribution is 2.20. The summed E-state index contributed by atoms with van der Waals surface area (Å²) in [4.78, 5) is 2.24. The number of hydrogen-bond acceptors (Lipinski definition) is 5. The third-order valence-corrected chi connectivity index (χ3v) is 3.74. The van der Waals surface area contributed by atoms with Gasteiger partial charge in [0.25, 0.3) is 0 Å². The Bertz CT molecular complexity index is 328. The zero-order chi connectivity index (χ0) is 11.4. The molecule has 1 fully saturated rings. The Hall–Kier alpha value is -0.230. The van der Waals surface area contributed by atoms with Gasteiger partial charge in [0.05, 0.1) is 6.61 Å². The monoisotopic (exact) mass is 261 g/mol. The Labute approximate surface area is 105 Å². The van der Waals surface area contributed by atoms with Crippen LogP contribution in [0.15, 0.2) is 0 Å². The van der Waals surface area contributed by atoms with E-state index in [2.05, 4.69) is 21.5 Å². The van der Waals surface area contributed by atoms with E-state index in [9.17, 15) is 0 Å². The van der Waals surface area contributed by atoms with E-state index in [1.807, 2.05) is 0 Å². The highest BCUT2D eigenvalue weighted by Gasteiger charge is 2.17. The molecule has 16 heavy (non-hydrogen) atoms. The van der Waals surface area contributed by atoms with Crippen LogP contribution in [-0.2, 0) is 11.3 Å². The Morgan fingerprint density at radius 2 is 2.50 bits per heavy atom. The highest BCUT2D eigenvalue weighted by atomic mass is 35.5. The van der Waals surface area contributed by atoms with E-state index in [4.69, 9.17) is 16.3 Å². The fourth-order valence-electron chi connectivity index (χ4n) is 2.00. The lowest BCUT2D eigenvalue weighted by Crippen LogP contribution is -2.30. The average Bonchev–Trinajstić information content (AvgIpc) is 2.66. The third-order valence-electron chi connectivity index (χ3n) is 2.75. The van der Waals surface area contributed by atoms with Crippen molar-refractivity contribution in [2.24, 2.45) is 5.92 Å². The number of halogens is 1. The van der Waals surface area contributed by atoms with Gasteiger partial charge in [-0.3, -0.25) is 0 Å². The summed E-state index contributed by atoms with van der Waals surface area (Å²) in [5, 5.41) is 4.01. The van der Waals surface area contributed by atoms with Crippen molar-refractivity contribution in [3.05, 3.63) is 10.0 Å². The first-order valence-electron chi connectivity index (χ1n) is 5.48. The second-order valence-electron chi connectivity index (χ2n) is 4.27. The van der Waals surface area contributed by atoms with Gasteiger partial charge in [0, 0.05) is 31.2 Å². The van der Waals surface area contributed by atoms with Crippen molar-refractivity contribution in [1.82, 2.24) is 14.5 Å². The van der Waals surface area contributed by atoms with Gasteiger partial charge in [0.1, 0.15) is 10.0 Å². The molecule has 1 aromatic heterocycles. The van der Waals surface area contributed by atoms with Gasteiger partial charge in [-0.25, -0.2) is 0 Å². The van der Waals surface area contributed by atoms with Crippen molar-refractivity contribution < 1.29 is 4.74 Å². The molecule has 1 aliphatic rings. The maximum absolute atomic E-state index is 5.97. The van der Waals surface area contributed by atoms with E-state index in [0.29, 0.717) is 10.3 Å². The van der Waals surface area contributed by atoms with E-state index in [-0.39, 0.29) is 0 Å². The number of ether oxygens (including phenoxy) is 1. The van der Waals surface area contributed by atoms with Crippen LogP contribution < -0.4 is 0 Å². The van der Waals surface area contributed by atoms with Crippen LogP contribution in [0.5, 0.6) is 0 Å². The largest absolute Gasteiger partial charge is 0.381 e. The summed E-state index contributed by atoms with van der Waals surface area (Å²) in [6.45, 7) is 3.61. The summed E-state index contributed by atoms with van der Waals surface area (Å²) >= 11 is 7.21. The van der Waals surface area contributed by atoms with Crippen LogP contribution >= 0.6 is 23.1 Å². The van der Waals surface area contributed by atoms with E-state index < -0.39 is 0 Å². The second kappa shape index (κ2) is 5.91. The molecule has 0 bridgehead atoms. The fraction of sp³-hybridized carbons (Fsp3) is 0.800. The van der Waals surface area contributed by atoms with Gasteiger partial charge in [0.2, 0.25) is 0 Å². The fourth-order valence-corrected chi connectivity index (χ4v) is 2.62. The molecular weight excluding hydrogens is 246 g/mol. The predicted octanol–water partition coefficient (Wildman–Crippen LogP) is 2.05. The highest BCUT2D eigenvalue weighted by molar-refractivity contribution is 7.10. The van der Waals surface area contributed by atoms with Crippen molar-refractivity contribution in [1.29, 1.82) is 0 Å². The topological polar surface area (TPSA) is 38.2 Å². The van der Waals surface area contributed by atoms with Crippen LogP contribution in [0.2, 0.25) is 4.34 Å². The quantitative estimate of drug-likeness (QED) is 0.832. The number of nitrogens with zero attached hydrogens (tertiary/aromatic N) is 3. The van der Waals surface area contributed by atoms with Gasteiger partial charge >= 0.3 is 0 Å². The van der Waals surface area contributed by atoms with Crippen LogP contribution in [0.25, 0.3) is 0 Å². The molecule has 90 valence electrons. The van der Waals surface area contributed by atoms with Crippen LogP contribution in [-0.4, -0.2) is 41.3 Å². The summed E-state index contributed by atoms with van der Waals surface area (Å²) in [7, 11) is 2.09. The number of hydrogen-bond donors (Lipinski definition) is 0. The lowest BCUT2D eigenvalue weighted by atomic mass is 10.0. The van der Waals surface area contributed by atoms with Gasteiger partial charge in [0.15, 0.2) is 0 Å². The van der Waals surface area contributed by atoms with Crippen LogP contribution in [0, 0.1) is 5.92 Å². The number of aromatic nitrogens is 2. The Morgan fingerprint density at radius 1 is 1.62 bits per heavy atom. The van der Waals surface area contributed by atoms with E-state index in [0.717, 1.165) is 32.0 Å².